The summed E-state index contributed by atoms with van der Waals surface area (Å²) in [6.07, 6.45) is 1.32. The van der Waals surface area contributed by atoms with Gasteiger partial charge in [-0.2, -0.15) is 0 Å². The molecule has 0 aliphatic carbocycles. The number of epoxide rings is 1. The van der Waals surface area contributed by atoms with Crippen LogP contribution in [0.25, 0.3) is 0 Å². The zero-order chi connectivity index (χ0) is 12.8. The SMILES string of the molecule is CS(=O)(=O)N1COc2ccc(OC[C@@H]3CO3)cc21. The van der Waals surface area contributed by atoms with Crippen molar-refractivity contribution in [3.63, 3.8) is 0 Å². The summed E-state index contributed by atoms with van der Waals surface area (Å²) >= 11 is 0. The van der Waals surface area contributed by atoms with Crippen molar-refractivity contribution in [3.8, 4) is 11.5 Å². The largest absolute Gasteiger partial charge is 0.491 e. The molecule has 1 saturated heterocycles. The number of hydrogen-bond donors (Lipinski definition) is 0. The molecule has 0 N–H and O–H groups in total. The molecule has 1 aromatic carbocycles. The van der Waals surface area contributed by atoms with Crippen LogP contribution in [0.2, 0.25) is 0 Å². The molecule has 2 heterocycles. The Bertz CT molecular complexity index is 567. The van der Waals surface area contributed by atoms with E-state index in [4.69, 9.17) is 14.2 Å². The van der Waals surface area contributed by atoms with Crippen LogP contribution in [0.15, 0.2) is 18.2 Å². The molecule has 2 aliphatic heterocycles. The van der Waals surface area contributed by atoms with E-state index < -0.39 is 10.0 Å². The second-order valence-corrected chi connectivity index (χ2v) is 6.19. The number of hydrogen-bond acceptors (Lipinski definition) is 5. The summed E-state index contributed by atoms with van der Waals surface area (Å²) in [5.41, 5.74) is 0.520. The highest BCUT2D eigenvalue weighted by Crippen LogP contribution is 2.38. The normalized spacial score (nSPS) is 21.4. The first-order valence-electron chi connectivity index (χ1n) is 5.53. The number of anilines is 1. The van der Waals surface area contributed by atoms with Gasteiger partial charge in [0.2, 0.25) is 10.0 Å². The van der Waals surface area contributed by atoms with E-state index in [1.807, 2.05) is 0 Å². The number of ether oxygens (including phenoxy) is 3. The van der Waals surface area contributed by atoms with E-state index in [9.17, 15) is 8.42 Å². The van der Waals surface area contributed by atoms with Crippen molar-refractivity contribution < 1.29 is 22.6 Å². The highest BCUT2D eigenvalue weighted by Gasteiger charge is 2.28. The number of benzene rings is 1. The molecule has 18 heavy (non-hydrogen) atoms. The van der Waals surface area contributed by atoms with Crippen LogP contribution in [-0.2, 0) is 14.8 Å². The van der Waals surface area contributed by atoms with Gasteiger partial charge in [-0.3, -0.25) is 0 Å². The molecule has 0 amide bonds. The van der Waals surface area contributed by atoms with Gasteiger partial charge in [-0.05, 0) is 12.1 Å². The highest BCUT2D eigenvalue weighted by atomic mass is 32.2. The van der Waals surface area contributed by atoms with Crippen molar-refractivity contribution in [3.05, 3.63) is 18.2 Å². The Kier molecular flexibility index (Phi) is 2.60. The average Bonchev–Trinajstić information content (AvgIpc) is 3.02. The summed E-state index contributed by atoms with van der Waals surface area (Å²) in [5, 5.41) is 0. The van der Waals surface area contributed by atoms with Crippen molar-refractivity contribution in [2.24, 2.45) is 0 Å². The molecule has 3 rings (SSSR count). The van der Waals surface area contributed by atoms with Gasteiger partial charge in [-0.1, -0.05) is 0 Å². The highest BCUT2D eigenvalue weighted by molar-refractivity contribution is 7.92. The summed E-state index contributed by atoms with van der Waals surface area (Å²) in [6, 6.07) is 5.14. The van der Waals surface area contributed by atoms with Gasteiger partial charge >= 0.3 is 0 Å². The molecule has 1 fully saturated rings. The lowest BCUT2D eigenvalue weighted by molar-refractivity contribution is 0.263. The van der Waals surface area contributed by atoms with E-state index in [0.717, 1.165) is 12.9 Å². The number of sulfonamides is 1. The lowest BCUT2D eigenvalue weighted by atomic mass is 10.3. The third-order valence-corrected chi connectivity index (χ3v) is 3.88. The Labute approximate surface area is 105 Å². The average molecular weight is 271 g/mol. The summed E-state index contributed by atoms with van der Waals surface area (Å²) in [4.78, 5) is 0. The third-order valence-electron chi connectivity index (χ3n) is 2.77. The minimum Gasteiger partial charge on any atom is -0.491 e. The van der Waals surface area contributed by atoms with Gasteiger partial charge in [-0.15, -0.1) is 0 Å². The minimum absolute atomic E-state index is 0.0172. The fourth-order valence-corrected chi connectivity index (χ4v) is 2.47. The molecule has 0 unspecified atom stereocenters. The van der Waals surface area contributed by atoms with Crippen molar-refractivity contribution in [1.29, 1.82) is 0 Å². The Balaban J connectivity index is 1.84. The van der Waals surface area contributed by atoms with Gasteiger partial charge in [0, 0.05) is 6.07 Å². The summed E-state index contributed by atoms with van der Waals surface area (Å²) in [6.45, 7) is 1.23. The molecule has 0 radical (unpaired) electrons. The van der Waals surface area contributed by atoms with Gasteiger partial charge in [-0.25, -0.2) is 12.7 Å². The molecular formula is C11H13NO5S. The van der Waals surface area contributed by atoms with Crippen LogP contribution in [0.1, 0.15) is 0 Å². The topological polar surface area (TPSA) is 68.4 Å². The molecule has 2 aliphatic rings. The van der Waals surface area contributed by atoms with Gasteiger partial charge < -0.3 is 14.2 Å². The molecule has 0 aromatic heterocycles. The Morgan fingerprint density at radius 3 is 2.94 bits per heavy atom. The Morgan fingerprint density at radius 1 is 1.50 bits per heavy atom. The van der Waals surface area contributed by atoms with Crippen LogP contribution in [0.3, 0.4) is 0 Å². The zero-order valence-electron chi connectivity index (χ0n) is 9.83. The fourth-order valence-electron chi connectivity index (χ4n) is 1.73. The zero-order valence-corrected chi connectivity index (χ0v) is 10.6. The van der Waals surface area contributed by atoms with E-state index in [2.05, 4.69) is 0 Å². The lowest BCUT2D eigenvalue weighted by Gasteiger charge is -2.13. The molecule has 7 heteroatoms. The number of nitrogens with zero attached hydrogens (tertiary/aromatic N) is 1. The maximum absolute atomic E-state index is 11.6. The van der Waals surface area contributed by atoms with Gasteiger partial charge in [0.15, 0.2) is 6.73 Å². The van der Waals surface area contributed by atoms with Crippen molar-refractivity contribution in [1.82, 2.24) is 0 Å². The molecular weight excluding hydrogens is 258 g/mol. The van der Waals surface area contributed by atoms with Crippen LogP contribution in [0.4, 0.5) is 5.69 Å². The number of rotatable bonds is 4. The predicted octanol–water partition coefficient (Wildman–Crippen LogP) is 0.580. The second kappa shape index (κ2) is 4.03. The first-order valence-corrected chi connectivity index (χ1v) is 7.38. The minimum atomic E-state index is -3.32. The maximum atomic E-state index is 11.6. The second-order valence-electron chi connectivity index (χ2n) is 4.28. The van der Waals surface area contributed by atoms with E-state index in [-0.39, 0.29) is 12.8 Å². The molecule has 1 aromatic rings. The summed E-state index contributed by atoms with van der Waals surface area (Å²) < 4.78 is 40.2. The third kappa shape index (κ3) is 2.23. The summed E-state index contributed by atoms with van der Waals surface area (Å²) in [7, 11) is -3.32. The van der Waals surface area contributed by atoms with Crippen LogP contribution < -0.4 is 13.8 Å². The van der Waals surface area contributed by atoms with E-state index in [1.165, 1.54) is 4.31 Å². The van der Waals surface area contributed by atoms with Crippen molar-refractivity contribution in [2.45, 2.75) is 6.10 Å². The quantitative estimate of drug-likeness (QED) is 0.749. The van der Waals surface area contributed by atoms with Crippen molar-refractivity contribution >= 4 is 15.7 Å². The van der Waals surface area contributed by atoms with Crippen LogP contribution in [-0.4, -0.2) is 40.7 Å². The van der Waals surface area contributed by atoms with Crippen LogP contribution >= 0.6 is 0 Å². The van der Waals surface area contributed by atoms with E-state index in [0.29, 0.717) is 23.8 Å². The molecule has 0 saturated carbocycles. The Morgan fingerprint density at radius 2 is 2.28 bits per heavy atom. The van der Waals surface area contributed by atoms with E-state index >= 15 is 0 Å². The molecule has 98 valence electrons. The number of fused-ring (bicyclic) bond motifs is 1. The van der Waals surface area contributed by atoms with Crippen LogP contribution in [0.5, 0.6) is 11.5 Å². The maximum Gasteiger partial charge on any atom is 0.235 e. The van der Waals surface area contributed by atoms with E-state index in [1.54, 1.807) is 18.2 Å². The molecule has 0 spiro atoms. The summed E-state index contributed by atoms with van der Waals surface area (Å²) in [5.74, 6) is 1.17. The van der Waals surface area contributed by atoms with Crippen LogP contribution in [0, 0.1) is 0 Å². The monoisotopic (exact) mass is 271 g/mol. The smallest absolute Gasteiger partial charge is 0.235 e. The fraction of sp³-hybridized carbons (Fsp3) is 0.455. The molecule has 6 nitrogen and oxygen atoms in total. The molecule has 1 atom stereocenters. The first kappa shape index (κ1) is 11.6. The first-order chi connectivity index (χ1) is 8.54. The predicted molar refractivity (Wildman–Crippen MR) is 64.5 cm³/mol. The van der Waals surface area contributed by atoms with Gasteiger partial charge in [0.1, 0.15) is 29.9 Å². The van der Waals surface area contributed by atoms with Gasteiger partial charge in [0.05, 0.1) is 12.9 Å². The van der Waals surface area contributed by atoms with Gasteiger partial charge in [0.25, 0.3) is 0 Å². The Hall–Kier alpha value is -1.47. The molecule has 0 bridgehead atoms. The van der Waals surface area contributed by atoms with Crippen molar-refractivity contribution in [2.75, 3.05) is 30.5 Å². The standard InChI is InChI=1S/C11H13NO5S/c1-18(13,14)12-7-17-11-3-2-8(4-10(11)12)15-5-9-6-16-9/h2-4,9H,5-7H2,1H3/t9-/m1/s1. The lowest BCUT2D eigenvalue weighted by Crippen LogP contribution is -2.28.